The van der Waals surface area contributed by atoms with Crippen LogP contribution in [0.25, 0.3) is 0 Å². The smallest absolute Gasteiger partial charge is 0.119 e. The lowest BCUT2D eigenvalue weighted by atomic mass is 10.1. The van der Waals surface area contributed by atoms with Gasteiger partial charge in [-0.25, -0.2) is 0 Å². The number of benzene rings is 1. The van der Waals surface area contributed by atoms with Crippen LogP contribution in [0, 0.1) is 6.42 Å². The summed E-state index contributed by atoms with van der Waals surface area (Å²) in [5.74, 6) is 0.969. The molecule has 0 saturated heterocycles. The lowest BCUT2D eigenvalue weighted by Crippen LogP contribution is -2.14. The van der Waals surface area contributed by atoms with E-state index in [4.69, 9.17) is 4.74 Å². The third kappa shape index (κ3) is 3.49. The molecule has 1 heteroatoms. The van der Waals surface area contributed by atoms with E-state index < -0.39 is 0 Å². The lowest BCUT2D eigenvalue weighted by molar-refractivity contribution is 0.196. The van der Waals surface area contributed by atoms with Gasteiger partial charge in [-0.15, -0.1) is 0 Å². The maximum atomic E-state index is 5.77. The van der Waals surface area contributed by atoms with Gasteiger partial charge in [0.05, 0.1) is 6.10 Å². The van der Waals surface area contributed by atoms with Gasteiger partial charge in [-0.1, -0.05) is 32.0 Å². The molecule has 0 spiro atoms. The maximum absolute atomic E-state index is 5.77. The van der Waals surface area contributed by atoms with Crippen molar-refractivity contribution in [1.29, 1.82) is 0 Å². The molecule has 1 nitrogen and oxygen atoms in total. The van der Waals surface area contributed by atoms with Crippen LogP contribution < -0.4 is 4.74 Å². The topological polar surface area (TPSA) is 9.23 Å². The van der Waals surface area contributed by atoms with Gasteiger partial charge in [0, 0.05) is 0 Å². The minimum atomic E-state index is 0.326. The maximum Gasteiger partial charge on any atom is 0.119 e. The van der Waals surface area contributed by atoms with Gasteiger partial charge in [0.1, 0.15) is 5.75 Å². The van der Waals surface area contributed by atoms with Crippen molar-refractivity contribution >= 4 is 0 Å². The molecule has 13 heavy (non-hydrogen) atoms. The van der Waals surface area contributed by atoms with Gasteiger partial charge >= 0.3 is 0 Å². The van der Waals surface area contributed by atoms with Gasteiger partial charge in [-0.2, -0.15) is 0 Å². The summed E-state index contributed by atoms with van der Waals surface area (Å²) >= 11 is 0. The summed E-state index contributed by atoms with van der Waals surface area (Å²) in [6, 6.07) is 9.99. The summed E-state index contributed by atoms with van der Waals surface area (Å²) in [7, 11) is 0. The molecule has 1 rings (SSSR count). The quantitative estimate of drug-likeness (QED) is 0.669. The minimum Gasteiger partial charge on any atom is -0.490 e. The first-order valence-electron chi connectivity index (χ1n) is 4.86. The van der Waals surface area contributed by atoms with Gasteiger partial charge < -0.3 is 4.74 Å². The molecule has 1 aromatic rings. The Morgan fingerprint density at radius 3 is 2.54 bits per heavy atom. The van der Waals surface area contributed by atoms with E-state index in [1.165, 1.54) is 0 Å². The second-order valence-corrected chi connectivity index (χ2v) is 3.11. The first-order chi connectivity index (χ1) is 6.36. The number of hydrogen-bond donors (Lipinski definition) is 0. The fraction of sp³-hybridized carbons (Fsp3) is 0.417. The Bertz CT molecular complexity index is 218. The van der Waals surface area contributed by atoms with Gasteiger partial charge in [-0.3, -0.25) is 0 Å². The summed E-state index contributed by atoms with van der Waals surface area (Å²) in [6.45, 7) is 4.22. The van der Waals surface area contributed by atoms with E-state index in [1.54, 1.807) is 0 Å². The number of hydrogen-bond acceptors (Lipinski definition) is 1. The van der Waals surface area contributed by atoms with E-state index in [0.717, 1.165) is 18.6 Å². The summed E-state index contributed by atoms with van der Waals surface area (Å²) < 4.78 is 5.77. The fourth-order valence-corrected chi connectivity index (χ4v) is 1.25. The van der Waals surface area contributed by atoms with Crippen LogP contribution in [0.4, 0.5) is 0 Å². The molecular weight excluding hydrogens is 160 g/mol. The predicted octanol–water partition coefficient (Wildman–Crippen LogP) is 3.46. The molecule has 1 aromatic carbocycles. The normalized spacial score (nSPS) is 12.5. The molecule has 0 fully saturated rings. The highest BCUT2D eigenvalue weighted by Crippen LogP contribution is 2.14. The third-order valence-electron chi connectivity index (χ3n) is 2.00. The molecule has 0 aromatic heterocycles. The minimum absolute atomic E-state index is 0.326. The van der Waals surface area contributed by atoms with Crippen molar-refractivity contribution in [2.45, 2.75) is 32.8 Å². The number of ether oxygens (including phenoxy) is 1. The van der Waals surface area contributed by atoms with Gasteiger partial charge in [0.2, 0.25) is 0 Å². The molecule has 0 aliphatic heterocycles. The molecule has 1 radical (unpaired) electrons. The van der Waals surface area contributed by atoms with Crippen LogP contribution in [0.2, 0.25) is 0 Å². The van der Waals surface area contributed by atoms with Crippen molar-refractivity contribution in [3.05, 3.63) is 36.8 Å². The van der Waals surface area contributed by atoms with Crippen molar-refractivity contribution < 1.29 is 4.74 Å². The molecule has 0 aliphatic carbocycles. The average molecular weight is 177 g/mol. The zero-order valence-electron chi connectivity index (χ0n) is 8.36. The van der Waals surface area contributed by atoms with Crippen molar-refractivity contribution in [2.24, 2.45) is 0 Å². The highest BCUT2D eigenvalue weighted by atomic mass is 16.5. The molecule has 0 saturated carbocycles. The highest BCUT2D eigenvalue weighted by Gasteiger charge is 2.05. The first-order valence-corrected chi connectivity index (χ1v) is 4.86. The van der Waals surface area contributed by atoms with Crippen LogP contribution >= 0.6 is 0 Å². The second-order valence-electron chi connectivity index (χ2n) is 3.11. The Morgan fingerprint density at radius 2 is 2.00 bits per heavy atom. The summed E-state index contributed by atoms with van der Waals surface area (Å²) in [5.41, 5.74) is 0. The van der Waals surface area contributed by atoms with Crippen molar-refractivity contribution in [3.63, 3.8) is 0 Å². The highest BCUT2D eigenvalue weighted by molar-refractivity contribution is 5.21. The first kappa shape index (κ1) is 10.1. The molecule has 0 amide bonds. The Balaban J connectivity index is 2.46. The molecule has 0 bridgehead atoms. The van der Waals surface area contributed by atoms with Crippen LogP contribution in [0.1, 0.15) is 26.7 Å². The SMILES string of the molecule is C[CH]CC(CC)Oc1ccccc1. The van der Waals surface area contributed by atoms with Crippen molar-refractivity contribution in [1.82, 2.24) is 0 Å². The van der Waals surface area contributed by atoms with Crippen LogP contribution in [-0.4, -0.2) is 6.10 Å². The zero-order chi connectivity index (χ0) is 9.52. The molecule has 0 aliphatic rings. The summed E-state index contributed by atoms with van der Waals surface area (Å²) in [5, 5.41) is 0. The van der Waals surface area contributed by atoms with E-state index in [0.29, 0.717) is 6.10 Å². The summed E-state index contributed by atoms with van der Waals surface area (Å²) in [4.78, 5) is 0. The van der Waals surface area contributed by atoms with Crippen LogP contribution in [-0.2, 0) is 0 Å². The zero-order valence-corrected chi connectivity index (χ0v) is 8.36. The van der Waals surface area contributed by atoms with Crippen molar-refractivity contribution in [2.75, 3.05) is 0 Å². The Kier molecular flexibility index (Phi) is 4.37. The molecular formula is C12H17O. The van der Waals surface area contributed by atoms with E-state index in [2.05, 4.69) is 20.3 Å². The van der Waals surface area contributed by atoms with E-state index in [-0.39, 0.29) is 0 Å². The van der Waals surface area contributed by atoms with Crippen LogP contribution in [0.5, 0.6) is 5.75 Å². The van der Waals surface area contributed by atoms with Crippen LogP contribution in [0.3, 0.4) is 0 Å². The monoisotopic (exact) mass is 177 g/mol. The lowest BCUT2D eigenvalue weighted by Gasteiger charge is -2.16. The van der Waals surface area contributed by atoms with E-state index in [1.807, 2.05) is 30.3 Å². The molecule has 71 valence electrons. The Hall–Kier alpha value is -0.980. The standard InChI is InChI=1S/C12H17O/c1-3-8-11(4-2)13-12-9-6-5-7-10-12/h3,5-7,9-11H,4,8H2,1-2H3. The second kappa shape index (κ2) is 5.63. The summed E-state index contributed by atoms with van der Waals surface area (Å²) in [6.07, 6.45) is 4.55. The fourth-order valence-electron chi connectivity index (χ4n) is 1.25. The molecule has 1 atom stereocenters. The van der Waals surface area contributed by atoms with Gasteiger partial charge in [0.15, 0.2) is 0 Å². The van der Waals surface area contributed by atoms with E-state index in [9.17, 15) is 0 Å². The largest absolute Gasteiger partial charge is 0.490 e. The molecule has 0 heterocycles. The number of para-hydroxylation sites is 1. The Morgan fingerprint density at radius 1 is 1.31 bits per heavy atom. The third-order valence-corrected chi connectivity index (χ3v) is 2.00. The number of rotatable bonds is 5. The van der Waals surface area contributed by atoms with Crippen LogP contribution in [0.15, 0.2) is 30.3 Å². The predicted molar refractivity (Wildman–Crippen MR) is 55.7 cm³/mol. The van der Waals surface area contributed by atoms with Crippen molar-refractivity contribution in [3.8, 4) is 5.75 Å². The molecule has 0 N–H and O–H groups in total. The average Bonchev–Trinajstić information content (AvgIpc) is 2.19. The van der Waals surface area contributed by atoms with Gasteiger partial charge in [0.25, 0.3) is 0 Å². The van der Waals surface area contributed by atoms with E-state index >= 15 is 0 Å². The van der Waals surface area contributed by atoms with Gasteiger partial charge in [-0.05, 0) is 31.4 Å². The Labute approximate surface area is 80.7 Å². The molecule has 1 unspecified atom stereocenters.